The van der Waals surface area contributed by atoms with Crippen LogP contribution in [-0.4, -0.2) is 35.9 Å². The Morgan fingerprint density at radius 2 is 2.16 bits per heavy atom. The first kappa shape index (κ1) is 13.8. The highest BCUT2D eigenvalue weighted by Gasteiger charge is 2.21. The van der Waals surface area contributed by atoms with Crippen LogP contribution < -0.4 is 5.32 Å². The second kappa shape index (κ2) is 5.57. The minimum absolute atomic E-state index is 0.0237. The van der Waals surface area contributed by atoms with E-state index in [4.69, 9.17) is 4.74 Å². The molecule has 0 aromatic carbocycles. The highest BCUT2D eigenvalue weighted by atomic mass is 16.5. The Hall–Kier alpha value is -1.62. The molecule has 1 fully saturated rings. The van der Waals surface area contributed by atoms with Crippen LogP contribution in [0.4, 0.5) is 0 Å². The normalized spacial score (nSPS) is 18.6. The van der Waals surface area contributed by atoms with Crippen molar-refractivity contribution in [2.45, 2.75) is 39.7 Å². The number of rotatable bonds is 4. The molecule has 0 bridgehead atoms. The Balaban J connectivity index is 2.06. The molecule has 2 N–H and O–H groups in total. The van der Waals surface area contributed by atoms with Gasteiger partial charge in [0.05, 0.1) is 6.10 Å². The van der Waals surface area contributed by atoms with Gasteiger partial charge in [0.15, 0.2) is 5.78 Å². The van der Waals surface area contributed by atoms with Crippen molar-refractivity contribution >= 4 is 11.7 Å². The molecular weight excluding hydrogens is 244 g/mol. The molecule has 1 atom stereocenters. The second-order valence-electron chi connectivity index (χ2n) is 5.03. The third-order valence-corrected chi connectivity index (χ3v) is 3.53. The molecule has 1 aliphatic heterocycles. The lowest BCUT2D eigenvalue weighted by atomic mass is 10.1. The molecule has 2 heterocycles. The molecule has 104 valence electrons. The summed E-state index contributed by atoms with van der Waals surface area (Å²) in [5, 5.41) is 2.85. The number of aromatic nitrogens is 1. The molecule has 1 amide bonds. The van der Waals surface area contributed by atoms with Crippen molar-refractivity contribution in [1.29, 1.82) is 0 Å². The Morgan fingerprint density at radius 1 is 1.42 bits per heavy atom. The van der Waals surface area contributed by atoms with Crippen molar-refractivity contribution in [1.82, 2.24) is 10.3 Å². The first-order chi connectivity index (χ1) is 9.00. The fourth-order valence-corrected chi connectivity index (χ4v) is 2.61. The summed E-state index contributed by atoms with van der Waals surface area (Å²) in [6, 6.07) is 0. The van der Waals surface area contributed by atoms with Gasteiger partial charge in [-0.05, 0) is 39.2 Å². The zero-order valence-corrected chi connectivity index (χ0v) is 11.6. The van der Waals surface area contributed by atoms with Crippen molar-refractivity contribution in [3.63, 3.8) is 0 Å². The van der Waals surface area contributed by atoms with Crippen LogP contribution in [0.25, 0.3) is 0 Å². The number of carbonyl (C=O) groups is 2. The van der Waals surface area contributed by atoms with Crippen molar-refractivity contribution in [3.05, 3.63) is 22.5 Å². The molecule has 5 heteroatoms. The predicted molar refractivity (Wildman–Crippen MR) is 71.6 cm³/mol. The Bertz CT molecular complexity index is 499. The van der Waals surface area contributed by atoms with Gasteiger partial charge in [-0.3, -0.25) is 9.59 Å². The maximum atomic E-state index is 12.1. The fraction of sp³-hybridized carbons (Fsp3) is 0.571. The molecule has 5 nitrogen and oxygen atoms in total. The summed E-state index contributed by atoms with van der Waals surface area (Å²) in [7, 11) is 0. The number of hydrogen-bond acceptors (Lipinski definition) is 3. The molecule has 0 radical (unpaired) electrons. The first-order valence-electron chi connectivity index (χ1n) is 6.60. The van der Waals surface area contributed by atoms with Crippen LogP contribution in [0.1, 0.15) is 51.9 Å². The molecule has 1 aromatic rings. The number of hydrogen-bond donors (Lipinski definition) is 2. The summed E-state index contributed by atoms with van der Waals surface area (Å²) >= 11 is 0. The van der Waals surface area contributed by atoms with E-state index in [0.717, 1.165) is 30.7 Å². The standard InChI is InChI=1S/C14H20N2O3/c1-8-12(10(3)17)9(2)16-13(8)14(18)15-7-11-5-4-6-19-11/h11,16H,4-7H2,1-3H3,(H,15,18)/t11-/m0/s1. The van der Waals surface area contributed by atoms with Crippen LogP contribution in [0.2, 0.25) is 0 Å². The van der Waals surface area contributed by atoms with E-state index in [1.165, 1.54) is 6.92 Å². The summed E-state index contributed by atoms with van der Waals surface area (Å²) in [4.78, 5) is 26.6. The van der Waals surface area contributed by atoms with Crippen molar-refractivity contribution < 1.29 is 14.3 Å². The summed E-state index contributed by atoms with van der Waals surface area (Å²) in [6.07, 6.45) is 2.16. The number of nitrogens with one attached hydrogen (secondary N) is 2. The third kappa shape index (κ3) is 2.87. The molecule has 2 rings (SSSR count). The van der Waals surface area contributed by atoms with E-state index >= 15 is 0 Å². The average molecular weight is 264 g/mol. The third-order valence-electron chi connectivity index (χ3n) is 3.53. The van der Waals surface area contributed by atoms with Gasteiger partial charge in [0.1, 0.15) is 5.69 Å². The van der Waals surface area contributed by atoms with Crippen molar-refractivity contribution in [2.75, 3.05) is 13.2 Å². The van der Waals surface area contributed by atoms with E-state index < -0.39 is 0 Å². The number of ketones is 1. The van der Waals surface area contributed by atoms with Gasteiger partial charge in [-0.1, -0.05) is 0 Å². The van der Waals surface area contributed by atoms with E-state index in [1.54, 1.807) is 13.8 Å². The monoisotopic (exact) mass is 264 g/mol. The van der Waals surface area contributed by atoms with E-state index in [2.05, 4.69) is 10.3 Å². The minimum atomic E-state index is -0.177. The van der Waals surface area contributed by atoms with Gasteiger partial charge in [0, 0.05) is 24.4 Å². The van der Waals surface area contributed by atoms with Crippen molar-refractivity contribution in [3.8, 4) is 0 Å². The van der Waals surface area contributed by atoms with Crippen molar-refractivity contribution in [2.24, 2.45) is 0 Å². The summed E-state index contributed by atoms with van der Waals surface area (Å²) < 4.78 is 5.46. The maximum absolute atomic E-state index is 12.1. The van der Waals surface area contributed by atoms with E-state index in [-0.39, 0.29) is 17.8 Å². The van der Waals surface area contributed by atoms with Crippen LogP contribution in [0, 0.1) is 13.8 Å². The van der Waals surface area contributed by atoms with E-state index in [1.807, 2.05) is 0 Å². The summed E-state index contributed by atoms with van der Waals surface area (Å²) in [6.45, 7) is 6.40. The molecule has 0 aliphatic carbocycles. The number of ether oxygens (including phenoxy) is 1. The smallest absolute Gasteiger partial charge is 0.268 e. The lowest BCUT2D eigenvalue weighted by Crippen LogP contribution is -2.32. The average Bonchev–Trinajstić information content (AvgIpc) is 2.94. The van der Waals surface area contributed by atoms with Crippen LogP contribution in [0.3, 0.4) is 0 Å². The maximum Gasteiger partial charge on any atom is 0.268 e. The number of aromatic amines is 1. The SMILES string of the molecule is CC(=O)c1c(C)[nH]c(C(=O)NC[C@@H]2CCCO2)c1C. The summed E-state index contributed by atoms with van der Waals surface area (Å²) in [5.74, 6) is -0.201. The molecule has 1 saturated heterocycles. The minimum Gasteiger partial charge on any atom is -0.376 e. The molecule has 1 aromatic heterocycles. The second-order valence-corrected chi connectivity index (χ2v) is 5.03. The molecule has 0 saturated carbocycles. The number of H-pyrrole nitrogens is 1. The van der Waals surface area contributed by atoms with Gasteiger partial charge in [-0.15, -0.1) is 0 Å². The Morgan fingerprint density at radius 3 is 2.68 bits per heavy atom. The molecular formula is C14H20N2O3. The van der Waals surface area contributed by atoms with Crippen LogP contribution in [0.15, 0.2) is 0 Å². The fourth-order valence-electron chi connectivity index (χ4n) is 2.61. The van der Waals surface area contributed by atoms with Gasteiger partial charge >= 0.3 is 0 Å². The topological polar surface area (TPSA) is 71.2 Å². The molecule has 0 unspecified atom stereocenters. The highest BCUT2D eigenvalue weighted by Crippen LogP contribution is 2.18. The summed E-state index contributed by atoms with van der Waals surface area (Å²) in [5.41, 5.74) is 2.55. The zero-order chi connectivity index (χ0) is 14.0. The lowest BCUT2D eigenvalue weighted by molar-refractivity contribution is 0.0853. The molecule has 19 heavy (non-hydrogen) atoms. The van der Waals surface area contributed by atoms with Gasteiger partial charge in [0.2, 0.25) is 0 Å². The van der Waals surface area contributed by atoms with Gasteiger partial charge in [0.25, 0.3) is 5.91 Å². The molecule has 0 spiro atoms. The van der Waals surface area contributed by atoms with Gasteiger partial charge in [-0.2, -0.15) is 0 Å². The van der Waals surface area contributed by atoms with E-state index in [0.29, 0.717) is 17.8 Å². The Labute approximate surface area is 112 Å². The number of carbonyl (C=O) groups excluding carboxylic acids is 2. The largest absolute Gasteiger partial charge is 0.376 e. The zero-order valence-electron chi connectivity index (χ0n) is 11.6. The predicted octanol–water partition coefficient (Wildman–Crippen LogP) is 1.74. The van der Waals surface area contributed by atoms with Gasteiger partial charge in [-0.25, -0.2) is 0 Å². The highest BCUT2D eigenvalue weighted by molar-refractivity contribution is 6.02. The molecule has 1 aliphatic rings. The van der Waals surface area contributed by atoms with Crippen LogP contribution in [0.5, 0.6) is 0 Å². The lowest BCUT2D eigenvalue weighted by Gasteiger charge is -2.10. The van der Waals surface area contributed by atoms with E-state index in [9.17, 15) is 9.59 Å². The van der Waals surface area contributed by atoms with Gasteiger partial charge < -0.3 is 15.0 Å². The number of Topliss-reactive ketones (excluding diaryl/α,β-unsaturated/α-hetero) is 1. The van der Waals surface area contributed by atoms with Crippen LogP contribution in [-0.2, 0) is 4.74 Å². The number of aryl methyl sites for hydroxylation is 1. The Kier molecular flexibility index (Phi) is 4.04. The quantitative estimate of drug-likeness (QED) is 0.814. The first-order valence-corrected chi connectivity index (χ1v) is 6.60. The van der Waals surface area contributed by atoms with Crippen LogP contribution >= 0.6 is 0 Å². The number of amides is 1.